The van der Waals surface area contributed by atoms with Crippen molar-refractivity contribution in [2.45, 2.75) is 90.6 Å². The van der Waals surface area contributed by atoms with Gasteiger partial charge in [0.25, 0.3) is 0 Å². The number of hydrogen-bond acceptors (Lipinski definition) is 7. The number of fused-ring (bicyclic) bond motifs is 3. The summed E-state index contributed by atoms with van der Waals surface area (Å²) in [7, 11) is 0. The highest BCUT2D eigenvalue weighted by molar-refractivity contribution is 5.95. The van der Waals surface area contributed by atoms with Crippen molar-refractivity contribution in [3.8, 4) is 0 Å². The summed E-state index contributed by atoms with van der Waals surface area (Å²) in [5.74, 6) is -2.33. The standard InChI is InChI=1S/C25H36O7/c1-15(2)7-6-8-16(3)11-21(27)30-14-18-22-19(26)12-17(4)25(29)10-9-24(5,32-25)13-20(22)31-23(18)28/h7,13,16-17,19,26,29H,6,8-12,14H2,1-5H3/b20-13+/t16?,17-,19+,24?,25?/m1/s1. The normalized spacial score (nSPS) is 34.5. The predicted molar refractivity (Wildman–Crippen MR) is 118 cm³/mol. The van der Waals surface area contributed by atoms with Crippen LogP contribution < -0.4 is 0 Å². The molecule has 2 bridgehead atoms. The maximum absolute atomic E-state index is 12.6. The molecular formula is C25H36O7. The number of carbonyl (C=O) groups excluding carboxylic acids is 2. The van der Waals surface area contributed by atoms with Crippen molar-refractivity contribution in [3.63, 3.8) is 0 Å². The molecule has 0 saturated carbocycles. The molecule has 3 aliphatic rings. The third kappa shape index (κ3) is 5.50. The van der Waals surface area contributed by atoms with Crippen LogP contribution >= 0.6 is 0 Å². The summed E-state index contributed by atoms with van der Waals surface area (Å²) in [6.45, 7) is 9.47. The largest absolute Gasteiger partial charge is 0.460 e. The molecule has 0 aliphatic carbocycles. The topological polar surface area (TPSA) is 102 Å². The lowest BCUT2D eigenvalue weighted by Gasteiger charge is -2.32. The van der Waals surface area contributed by atoms with Gasteiger partial charge in [-0.1, -0.05) is 25.5 Å². The molecule has 32 heavy (non-hydrogen) atoms. The van der Waals surface area contributed by atoms with Crippen molar-refractivity contribution in [3.05, 3.63) is 34.6 Å². The molecule has 3 rings (SSSR count). The average Bonchev–Trinajstić information content (AvgIpc) is 3.16. The second-order valence-electron chi connectivity index (χ2n) is 10.0. The van der Waals surface area contributed by atoms with Crippen LogP contribution in [0, 0.1) is 11.8 Å². The Balaban J connectivity index is 1.73. The van der Waals surface area contributed by atoms with E-state index < -0.39 is 23.5 Å². The van der Waals surface area contributed by atoms with Crippen molar-refractivity contribution in [2.24, 2.45) is 11.8 Å². The Labute approximate surface area is 190 Å². The number of ether oxygens (including phenoxy) is 3. The van der Waals surface area contributed by atoms with Crippen LogP contribution in [0.3, 0.4) is 0 Å². The van der Waals surface area contributed by atoms with Gasteiger partial charge >= 0.3 is 11.9 Å². The smallest absolute Gasteiger partial charge is 0.343 e. The van der Waals surface area contributed by atoms with E-state index in [9.17, 15) is 19.8 Å². The highest BCUT2D eigenvalue weighted by Gasteiger charge is 2.51. The fraction of sp³-hybridized carbons (Fsp3) is 0.680. The summed E-state index contributed by atoms with van der Waals surface area (Å²) in [5, 5.41) is 21.8. The monoisotopic (exact) mass is 448 g/mol. The maximum Gasteiger partial charge on any atom is 0.343 e. The van der Waals surface area contributed by atoms with Gasteiger partial charge in [0, 0.05) is 24.3 Å². The molecule has 3 aliphatic heterocycles. The molecule has 0 spiro atoms. The highest BCUT2D eigenvalue weighted by Crippen LogP contribution is 2.47. The first-order valence-corrected chi connectivity index (χ1v) is 11.5. The zero-order valence-electron chi connectivity index (χ0n) is 19.8. The van der Waals surface area contributed by atoms with Crippen LogP contribution in [0.15, 0.2) is 34.6 Å². The van der Waals surface area contributed by atoms with Crippen LogP contribution in [0.4, 0.5) is 0 Å². The fourth-order valence-electron chi connectivity index (χ4n) is 4.63. The number of allylic oxidation sites excluding steroid dienone is 2. The van der Waals surface area contributed by atoms with Crippen LogP contribution in [-0.4, -0.2) is 46.3 Å². The van der Waals surface area contributed by atoms with Crippen LogP contribution in [0.5, 0.6) is 0 Å². The average molecular weight is 449 g/mol. The summed E-state index contributed by atoms with van der Waals surface area (Å²) in [6, 6.07) is 0. The summed E-state index contributed by atoms with van der Waals surface area (Å²) in [4.78, 5) is 24.9. The lowest BCUT2D eigenvalue weighted by molar-refractivity contribution is -0.238. The van der Waals surface area contributed by atoms with Gasteiger partial charge in [-0.2, -0.15) is 0 Å². The Morgan fingerprint density at radius 3 is 2.78 bits per heavy atom. The van der Waals surface area contributed by atoms with Gasteiger partial charge in [-0.25, -0.2) is 4.79 Å². The molecule has 7 heteroatoms. The van der Waals surface area contributed by atoms with Crippen molar-refractivity contribution >= 4 is 11.9 Å². The molecule has 0 amide bonds. The molecule has 3 unspecified atom stereocenters. The Morgan fingerprint density at radius 2 is 2.09 bits per heavy atom. The number of aliphatic hydroxyl groups is 2. The lowest BCUT2D eigenvalue weighted by atomic mass is 9.86. The third-order valence-corrected chi connectivity index (χ3v) is 6.65. The minimum absolute atomic E-state index is 0.148. The van der Waals surface area contributed by atoms with E-state index in [0.29, 0.717) is 18.4 Å². The third-order valence-electron chi connectivity index (χ3n) is 6.65. The second kappa shape index (κ2) is 9.49. The quantitative estimate of drug-likeness (QED) is 0.452. The second-order valence-corrected chi connectivity index (χ2v) is 10.0. The van der Waals surface area contributed by atoms with Gasteiger partial charge in [-0.05, 0) is 58.4 Å². The number of rotatable bonds is 7. The van der Waals surface area contributed by atoms with Crippen LogP contribution in [0.25, 0.3) is 0 Å². The van der Waals surface area contributed by atoms with Crippen molar-refractivity contribution in [1.82, 2.24) is 0 Å². The lowest BCUT2D eigenvalue weighted by Crippen LogP contribution is -2.39. The van der Waals surface area contributed by atoms with Crippen LogP contribution in [-0.2, 0) is 23.8 Å². The van der Waals surface area contributed by atoms with Gasteiger partial charge < -0.3 is 24.4 Å². The van der Waals surface area contributed by atoms with Gasteiger partial charge in [-0.3, -0.25) is 4.79 Å². The van der Waals surface area contributed by atoms with Gasteiger partial charge in [0.15, 0.2) is 5.79 Å². The molecule has 0 aromatic rings. The van der Waals surface area contributed by atoms with E-state index in [1.165, 1.54) is 5.57 Å². The molecule has 2 N–H and O–H groups in total. The maximum atomic E-state index is 12.6. The molecular weight excluding hydrogens is 412 g/mol. The molecule has 0 aromatic carbocycles. The van der Waals surface area contributed by atoms with Gasteiger partial charge in [-0.15, -0.1) is 0 Å². The van der Waals surface area contributed by atoms with Gasteiger partial charge in [0.05, 0.1) is 17.3 Å². The van der Waals surface area contributed by atoms with Crippen LogP contribution in [0.2, 0.25) is 0 Å². The van der Waals surface area contributed by atoms with Crippen molar-refractivity contribution in [2.75, 3.05) is 6.61 Å². The van der Waals surface area contributed by atoms with Gasteiger partial charge in [0.1, 0.15) is 12.4 Å². The fourth-order valence-corrected chi connectivity index (χ4v) is 4.63. The van der Waals surface area contributed by atoms with Crippen molar-refractivity contribution < 1.29 is 34.0 Å². The molecule has 3 heterocycles. The summed E-state index contributed by atoms with van der Waals surface area (Å²) in [5.41, 5.74) is 0.905. The molecule has 0 aromatic heterocycles. The first kappa shape index (κ1) is 24.7. The minimum atomic E-state index is -1.34. The predicted octanol–water partition coefficient (Wildman–Crippen LogP) is 3.70. The molecule has 178 valence electrons. The molecule has 5 atom stereocenters. The van der Waals surface area contributed by atoms with Gasteiger partial charge in [0.2, 0.25) is 0 Å². The van der Waals surface area contributed by atoms with E-state index in [0.717, 1.165) is 12.8 Å². The Morgan fingerprint density at radius 1 is 1.38 bits per heavy atom. The Kier molecular flexibility index (Phi) is 7.32. The van der Waals surface area contributed by atoms with Crippen LogP contribution in [0.1, 0.15) is 73.1 Å². The summed E-state index contributed by atoms with van der Waals surface area (Å²) < 4.78 is 16.8. The molecule has 7 nitrogen and oxygen atoms in total. The van der Waals surface area contributed by atoms with Crippen molar-refractivity contribution in [1.29, 1.82) is 0 Å². The number of aliphatic hydroxyl groups excluding tert-OH is 1. The first-order chi connectivity index (χ1) is 14.9. The van der Waals surface area contributed by atoms with E-state index >= 15 is 0 Å². The number of carbonyl (C=O) groups is 2. The minimum Gasteiger partial charge on any atom is -0.460 e. The zero-order chi connectivity index (χ0) is 23.7. The zero-order valence-corrected chi connectivity index (χ0v) is 19.8. The van der Waals surface area contributed by atoms with E-state index in [4.69, 9.17) is 14.2 Å². The van der Waals surface area contributed by atoms with E-state index in [1.807, 2.05) is 34.6 Å². The molecule has 0 radical (unpaired) electrons. The Hall–Kier alpha value is -1.96. The molecule has 1 fully saturated rings. The van der Waals surface area contributed by atoms with E-state index in [-0.39, 0.29) is 48.6 Å². The van der Waals surface area contributed by atoms with E-state index in [2.05, 4.69) is 6.08 Å². The summed E-state index contributed by atoms with van der Waals surface area (Å²) >= 11 is 0. The molecule has 1 saturated heterocycles. The number of esters is 2. The highest BCUT2D eigenvalue weighted by atomic mass is 16.6. The number of hydrogen-bond donors (Lipinski definition) is 2. The summed E-state index contributed by atoms with van der Waals surface area (Å²) in [6.07, 6.45) is 5.98. The first-order valence-electron chi connectivity index (χ1n) is 11.5. The SMILES string of the molecule is CC(C)=CCCC(C)CC(=O)OCC1=C2/C(=C\C3(C)CCC(O)(O3)[C@H](C)C[C@@H]2O)OC1=O. The van der Waals surface area contributed by atoms with E-state index in [1.54, 1.807) is 6.08 Å². The Bertz CT molecular complexity index is 850.